The fraction of sp³-hybridized carbons (Fsp3) is 0.444. The zero-order valence-corrected chi connectivity index (χ0v) is 7.16. The molecule has 0 aromatic carbocycles. The van der Waals surface area contributed by atoms with Gasteiger partial charge < -0.3 is 4.57 Å². The maximum Gasteiger partial charge on any atom is 0.151 e. The molecule has 11 heavy (non-hydrogen) atoms. The summed E-state index contributed by atoms with van der Waals surface area (Å²) in [6.07, 6.45) is 4.77. The lowest BCUT2D eigenvalue weighted by molar-refractivity contribution is 0.112. The van der Waals surface area contributed by atoms with Gasteiger partial charge in [-0.05, 0) is 26.3 Å². The van der Waals surface area contributed by atoms with Crippen molar-refractivity contribution in [3.8, 4) is 0 Å². The van der Waals surface area contributed by atoms with Gasteiger partial charge in [0.05, 0.1) is 0 Å². The minimum Gasteiger partial charge on any atom is -0.351 e. The van der Waals surface area contributed by atoms with Crippen LogP contribution in [0.25, 0.3) is 0 Å². The van der Waals surface area contributed by atoms with Gasteiger partial charge in [-0.15, -0.1) is 0 Å². The van der Waals surface area contributed by atoms with E-state index in [9.17, 15) is 4.79 Å². The predicted octanol–water partition coefficient (Wildman–Crippen LogP) is 2.19. The van der Waals surface area contributed by atoms with Crippen molar-refractivity contribution in [2.45, 2.75) is 26.8 Å². The van der Waals surface area contributed by atoms with E-state index >= 15 is 0 Å². The van der Waals surface area contributed by atoms with Crippen LogP contribution in [0.4, 0.5) is 0 Å². The largest absolute Gasteiger partial charge is 0.351 e. The number of nitrogens with zero attached hydrogens (tertiary/aromatic N) is 1. The molecular formula is C9H13NO. The second-order valence-electron chi connectivity index (χ2n) is 3.06. The summed E-state index contributed by atoms with van der Waals surface area (Å²) in [7, 11) is 0. The third-order valence-corrected chi connectivity index (χ3v) is 1.81. The molecule has 1 aromatic rings. The smallest absolute Gasteiger partial charge is 0.151 e. The van der Waals surface area contributed by atoms with Crippen LogP contribution >= 0.6 is 0 Å². The van der Waals surface area contributed by atoms with E-state index in [1.54, 1.807) is 0 Å². The Balaban J connectivity index is 3.04. The summed E-state index contributed by atoms with van der Waals surface area (Å²) in [4.78, 5) is 10.4. The molecule has 0 spiro atoms. The number of aromatic nitrogens is 1. The van der Waals surface area contributed by atoms with Crippen molar-refractivity contribution in [2.75, 3.05) is 0 Å². The molecule has 0 bridgehead atoms. The fourth-order valence-electron chi connectivity index (χ4n) is 1.02. The van der Waals surface area contributed by atoms with Gasteiger partial charge >= 0.3 is 0 Å². The fourth-order valence-corrected chi connectivity index (χ4v) is 1.02. The first-order valence-electron chi connectivity index (χ1n) is 3.78. The molecule has 1 rings (SSSR count). The molecule has 2 heteroatoms. The molecule has 60 valence electrons. The van der Waals surface area contributed by atoms with E-state index in [2.05, 4.69) is 13.8 Å². The summed E-state index contributed by atoms with van der Waals surface area (Å²) in [5.74, 6) is 0. The van der Waals surface area contributed by atoms with E-state index in [0.717, 1.165) is 17.4 Å². The van der Waals surface area contributed by atoms with Gasteiger partial charge in [0.2, 0.25) is 0 Å². The molecule has 0 N–H and O–H groups in total. The van der Waals surface area contributed by atoms with Crippen LogP contribution in [0.5, 0.6) is 0 Å². The average molecular weight is 151 g/mol. The van der Waals surface area contributed by atoms with Crippen molar-refractivity contribution in [2.24, 2.45) is 0 Å². The predicted molar refractivity (Wildman–Crippen MR) is 44.9 cm³/mol. The zero-order chi connectivity index (χ0) is 8.43. The van der Waals surface area contributed by atoms with Crippen molar-refractivity contribution >= 4 is 6.29 Å². The first-order valence-corrected chi connectivity index (χ1v) is 3.78. The van der Waals surface area contributed by atoms with Crippen LogP contribution in [0.1, 0.15) is 35.8 Å². The molecule has 0 aliphatic heterocycles. The monoisotopic (exact) mass is 151 g/mol. The molecule has 1 aromatic heterocycles. The minimum atomic E-state index is 0.433. The molecule has 0 amide bonds. The van der Waals surface area contributed by atoms with Gasteiger partial charge in [-0.1, -0.05) is 0 Å². The van der Waals surface area contributed by atoms with Crippen LogP contribution in [0.2, 0.25) is 0 Å². The third kappa shape index (κ3) is 1.50. The molecule has 0 atom stereocenters. The van der Waals surface area contributed by atoms with Crippen LogP contribution < -0.4 is 0 Å². The van der Waals surface area contributed by atoms with E-state index in [0.29, 0.717) is 6.04 Å². The maximum absolute atomic E-state index is 10.4. The summed E-state index contributed by atoms with van der Waals surface area (Å²) < 4.78 is 2.04. The average Bonchev–Trinajstić information content (AvgIpc) is 2.31. The van der Waals surface area contributed by atoms with Crippen molar-refractivity contribution in [1.82, 2.24) is 4.57 Å². The van der Waals surface area contributed by atoms with Crippen LogP contribution in [0, 0.1) is 6.92 Å². The summed E-state index contributed by atoms with van der Waals surface area (Å²) in [6.45, 7) is 6.13. The van der Waals surface area contributed by atoms with Gasteiger partial charge in [-0.3, -0.25) is 4.79 Å². The lowest BCUT2D eigenvalue weighted by atomic mass is 10.2. The van der Waals surface area contributed by atoms with Gasteiger partial charge in [0.1, 0.15) is 0 Å². The van der Waals surface area contributed by atoms with E-state index < -0.39 is 0 Å². The standard InChI is InChI=1S/C9H13NO/c1-7(2)10-4-8(3)9(5-10)6-11/h4-7H,1-3H3. The Morgan fingerprint density at radius 3 is 2.36 bits per heavy atom. The number of hydrogen-bond acceptors (Lipinski definition) is 1. The number of carbonyl (C=O) groups is 1. The van der Waals surface area contributed by atoms with Crippen molar-refractivity contribution in [1.29, 1.82) is 0 Å². The van der Waals surface area contributed by atoms with Crippen LogP contribution in [-0.4, -0.2) is 10.9 Å². The maximum atomic E-state index is 10.4. The first kappa shape index (κ1) is 8.05. The molecule has 0 aliphatic rings. The SMILES string of the molecule is Cc1cn(C(C)C)cc1C=O. The lowest BCUT2D eigenvalue weighted by Gasteiger charge is -2.04. The number of aldehydes is 1. The molecule has 0 aliphatic carbocycles. The normalized spacial score (nSPS) is 10.5. The van der Waals surface area contributed by atoms with Gasteiger partial charge in [-0.25, -0.2) is 0 Å². The second-order valence-corrected chi connectivity index (χ2v) is 3.06. The number of aryl methyl sites for hydroxylation is 1. The van der Waals surface area contributed by atoms with Gasteiger partial charge in [0, 0.05) is 24.0 Å². The van der Waals surface area contributed by atoms with Gasteiger partial charge in [0.15, 0.2) is 6.29 Å². The second kappa shape index (κ2) is 2.91. The summed E-state index contributed by atoms with van der Waals surface area (Å²) >= 11 is 0. The molecule has 2 nitrogen and oxygen atoms in total. The van der Waals surface area contributed by atoms with E-state index in [1.165, 1.54) is 0 Å². The Bertz CT molecular complexity index is 261. The number of hydrogen-bond donors (Lipinski definition) is 0. The van der Waals surface area contributed by atoms with Gasteiger partial charge in [-0.2, -0.15) is 0 Å². The Morgan fingerprint density at radius 1 is 1.45 bits per heavy atom. The van der Waals surface area contributed by atoms with Crippen molar-refractivity contribution in [3.05, 3.63) is 23.5 Å². The van der Waals surface area contributed by atoms with Crippen molar-refractivity contribution in [3.63, 3.8) is 0 Å². The first-order chi connectivity index (χ1) is 5.15. The third-order valence-electron chi connectivity index (χ3n) is 1.81. The highest BCUT2D eigenvalue weighted by atomic mass is 16.1. The number of carbonyl (C=O) groups excluding carboxylic acids is 1. The highest BCUT2D eigenvalue weighted by Crippen LogP contribution is 2.11. The van der Waals surface area contributed by atoms with E-state index in [-0.39, 0.29) is 0 Å². The molecule has 0 fully saturated rings. The summed E-state index contributed by atoms with van der Waals surface area (Å²) in [6, 6.07) is 0.433. The van der Waals surface area contributed by atoms with Crippen LogP contribution in [0.3, 0.4) is 0 Å². The zero-order valence-electron chi connectivity index (χ0n) is 7.16. The van der Waals surface area contributed by atoms with Crippen molar-refractivity contribution < 1.29 is 4.79 Å². The quantitative estimate of drug-likeness (QED) is 0.594. The van der Waals surface area contributed by atoms with E-state index in [1.807, 2.05) is 23.9 Å². The molecular weight excluding hydrogens is 138 g/mol. The summed E-state index contributed by atoms with van der Waals surface area (Å²) in [5, 5.41) is 0. The Kier molecular flexibility index (Phi) is 2.13. The van der Waals surface area contributed by atoms with Crippen LogP contribution in [0.15, 0.2) is 12.4 Å². The summed E-state index contributed by atoms with van der Waals surface area (Å²) in [5.41, 5.74) is 1.84. The molecule has 0 unspecified atom stereocenters. The highest BCUT2D eigenvalue weighted by molar-refractivity contribution is 5.76. The molecule has 1 heterocycles. The molecule has 0 saturated heterocycles. The Hall–Kier alpha value is -1.05. The topological polar surface area (TPSA) is 22.0 Å². The van der Waals surface area contributed by atoms with Gasteiger partial charge in [0.25, 0.3) is 0 Å². The highest BCUT2D eigenvalue weighted by Gasteiger charge is 2.02. The Morgan fingerprint density at radius 2 is 2.09 bits per heavy atom. The lowest BCUT2D eigenvalue weighted by Crippen LogP contribution is -1.95. The minimum absolute atomic E-state index is 0.433. The molecule has 0 saturated carbocycles. The van der Waals surface area contributed by atoms with E-state index in [4.69, 9.17) is 0 Å². The Labute approximate surface area is 66.8 Å². The van der Waals surface area contributed by atoms with Crippen LogP contribution in [-0.2, 0) is 0 Å². The molecule has 0 radical (unpaired) electrons. The number of rotatable bonds is 2.